The molecule has 0 amide bonds. The molecule has 4 heteroatoms. The van der Waals surface area contributed by atoms with Crippen molar-refractivity contribution in [1.82, 2.24) is 10.4 Å². The molecule has 0 saturated carbocycles. The Balaban J connectivity index is 2.84. The molecule has 3 nitrogen and oxygen atoms in total. The third-order valence-electron chi connectivity index (χ3n) is 2.46. The molecule has 0 fully saturated rings. The molecule has 2 unspecified atom stereocenters. The predicted molar refractivity (Wildman–Crippen MR) is 58.8 cm³/mol. The van der Waals surface area contributed by atoms with Gasteiger partial charge in [0, 0.05) is 6.20 Å². The van der Waals surface area contributed by atoms with Gasteiger partial charge >= 0.3 is 0 Å². The molecule has 0 aliphatic carbocycles. The average Bonchev–Trinajstić information content (AvgIpc) is 2.21. The van der Waals surface area contributed by atoms with E-state index in [1.54, 1.807) is 6.20 Å². The fourth-order valence-electron chi connectivity index (χ4n) is 1.35. The van der Waals surface area contributed by atoms with E-state index >= 15 is 0 Å². The summed E-state index contributed by atoms with van der Waals surface area (Å²) in [6.07, 6.45) is 2.70. The van der Waals surface area contributed by atoms with Gasteiger partial charge in [-0.1, -0.05) is 31.9 Å². The molecule has 1 aromatic heterocycles. The summed E-state index contributed by atoms with van der Waals surface area (Å²) in [7, 11) is 0. The lowest BCUT2D eigenvalue weighted by molar-refractivity contribution is 0.375. The second-order valence-corrected chi connectivity index (χ2v) is 3.87. The molecule has 0 radical (unpaired) electrons. The maximum Gasteiger partial charge on any atom is 0.0657 e. The van der Waals surface area contributed by atoms with Crippen LogP contribution < -0.4 is 11.3 Å². The van der Waals surface area contributed by atoms with E-state index in [0.29, 0.717) is 10.9 Å². The highest BCUT2D eigenvalue weighted by Crippen LogP contribution is 2.22. The lowest BCUT2D eigenvalue weighted by Crippen LogP contribution is -2.32. The van der Waals surface area contributed by atoms with Gasteiger partial charge in [0.1, 0.15) is 0 Å². The molecule has 14 heavy (non-hydrogen) atoms. The maximum absolute atomic E-state index is 5.76. The Kier molecular flexibility index (Phi) is 4.32. The first kappa shape index (κ1) is 11.4. The molecule has 1 aromatic rings. The Morgan fingerprint density at radius 3 is 2.71 bits per heavy atom. The third-order valence-corrected chi connectivity index (χ3v) is 2.69. The summed E-state index contributed by atoms with van der Waals surface area (Å²) in [6, 6.07) is 3.83. The molecule has 1 rings (SSSR count). The van der Waals surface area contributed by atoms with E-state index in [-0.39, 0.29) is 6.04 Å². The van der Waals surface area contributed by atoms with E-state index < -0.39 is 0 Å². The molecular formula is C10H16ClN3. The summed E-state index contributed by atoms with van der Waals surface area (Å²) in [5.74, 6) is 5.95. The van der Waals surface area contributed by atoms with Crippen LogP contribution in [0.5, 0.6) is 0 Å². The van der Waals surface area contributed by atoms with Gasteiger partial charge in [0.2, 0.25) is 0 Å². The van der Waals surface area contributed by atoms with Gasteiger partial charge in [-0.15, -0.1) is 0 Å². The standard InChI is InChI=1S/C10H16ClN3/c1-3-7(2)10(14-12)9-5-4-8(11)6-13-9/h4-7,10,14H,3,12H2,1-2H3. The van der Waals surface area contributed by atoms with Crippen molar-refractivity contribution in [3.8, 4) is 0 Å². The van der Waals surface area contributed by atoms with Gasteiger partial charge in [0.15, 0.2) is 0 Å². The molecule has 0 saturated heterocycles. The molecule has 0 aromatic carbocycles. The normalized spacial score (nSPS) is 15.1. The van der Waals surface area contributed by atoms with Crippen molar-refractivity contribution in [3.05, 3.63) is 29.0 Å². The minimum Gasteiger partial charge on any atom is -0.271 e. The lowest BCUT2D eigenvalue weighted by Gasteiger charge is -2.21. The molecule has 0 aliphatic rings. The van der Waals surface area contributed by atoms with E-state index in [9.17, 15) is 0 Å². The Labute approximate surface area is 89.6 Å². The summed E-state index contributed by atoms with van der Waals surface area (Å²) in [4.78, 5) is 4.24. The molecule has 3 N–H and O–H groups in total. The van der Waals surface area contributed by atoms with Crippen LogP contribution in [0.3, 0.4) is 0 Å². The quantitative estimate of drug-likeness (QED) is 0.596. The van der Waals surface area contributed by atoms with Crippen LogP contribution in [0.4, 0.5) is 0 Å². The first-order valence-electron chi connectivity index (χ1n) is 4.76. The SMILES string of the molecule is CCC(C)C(NN)c1ccc(Cl)cn1. The van der Waals surface area contributed by atoms with Crippen LogP contribution in [0.25, 0.3) is 0 Å². The molecule has 1 heterocycles. The van der Waals surface area contributed by atoms with Gasteiger partial charge in [-0.2, -0.15) is 0 Å². The van der Waals surface area contributed by atoms with E-state index in [1.807, 2.05) is 12.1 Å². The smallest absolute Gasteiger partial charge is 0.0657 e. The molecule has 78 valence electrons. The van der Waals surface area contributed by atoms with Crippen molar-refractivity contribution < 1.29 is 0 Å². The number of nitrogens with two attached hydrogens (primary N) is 1. The van der Waals surface area contributed by atoms with Gasteiger partial charge in [-0.3, -0.25) is 16.3 Å². The summed E-state index contributed by atoms with van der Waals surface area (Å²) in [5, 5.41) is 0.647. The summed E-state index contributed by atoms with van der Waals surface area (Å²) >= 11 is 5.76. The first-order chi connectivity index (χ1) is 6.69. The van der Waals surface area contributed by atoms with Gasteiger partial charge < -0.3 is 0 Å². The molecule has 0 bridgehead atoms. The van der Waals surface area contributed by atoms with Crippen molar-refractivity contribution in [1.29, 1.82) is 0 Å². The maximum atomic E-state index is 5.76. The number of aromatic nitrogens is 1. The van der Waals surface area contributed by atoms with Gasteiger partial charge in [-0.05, 0) is 18.1 Å². The Morgan fingerprint density at radius 2 is 2.29 bits per heavy atom. The average molecular weight is 214 g/mol. The van der Waals surface area contributed by atoms with Crippen molar-refractivity contribution in [2.24, 2.45) is 11.8 Å². The van der Waals surface area contributed by atoms with E-state index in [4.69, 9.17) is 17.4 Å². The monoisotopic (exact) mass is 213 g/mol. The van der Waals surface area contributed by atoms with Crippen molar-refractivity contribution in [3.63, 3.8) is 0 Å². The second kappa shape index (κ2) is 5.29. The number of hydrogen-bond acceptors (Lipinski definition) is 3. The summed E-state index contributed by atoms with van der Waals surface area (Å²) < 4.78 is 0. The molecule has 0 aliphatic heterocycles. The van der Waals surface area contributed by atoms with E-state index in [0.717, 1.165) is 12.1 Å². The Morgan fingerprint density at radius 1 is 1.57 bits per heavy atom. The van der Waals surface area contributed by atoms with Crippen molar-refractivity contribution in [2.45, 2.75) is 26.3 Å². The molecule has 0 spiro atoms. The Hall–Kier alpha value is -0.640. The number of halogens is 1. The van der Waals surface area contributed by atoms with Crippen molar-refractivity contribution in [2.75, 3.05) is 0 Å². The number of hydrogen-bond donors (Lipinski definition) is 2. The highest BCUT2D eigenvalue weighted by atomic mass is 35.5. The minimum atomic E-state index is 0.0947. The highest BCUT2D eigenvalue weighted by Gasteiger charge is 2.17. The fraction of sp³-hybridized carbons (Fsp3) is 0.500. The van der Waals surface area contributed by atoms with E-state index in [2.05, 4.69) is 24.3 Å². The minimum absolute atomic E-state index is 0.0947. The van der Waals surface area contributed by atoms with Crippen LogP contribution in [0.15, 0.2) is 18.3 Å². The van der Waals surface area contributed by atoms with Crippen LogP contribution in [-0.4, -0.2) is 4.98 Å². The van der Waals surface area contributed by atoms with Gasteiger partial charge in [0.05, 0.1) is 16.8 Å². The van der Waals surface area contributed by atoms with Crippen LogP contribution >= 0.6 is 11.6 Å². The first-order valence-corrected chi connectivity index (χ1v) is 5.14. The number of hydrazine groups is 1. The highest BCUT2D eigenvalue weighted by molar-refractivity contribution is 6.30. The fourth-order valence-corrected chi connectivity index (χ4v) is 1.46. The summed E-state index contributed by atoms with van der Waals surface area (Å²) in [5.41, 5.74) is 3.72. The van der Waals surface area contributed by atoms with Crippen molar-refractivity contribution >= 4 is 11.6 Å². The Bertz CT molecular complexity index is 273. The number of pyridine rings is 1. The number of rotatable bonds is 4. The third kappa shape index (κ3) is 2.67. The zero-order chi connectivity index (χ0) is 10.6. The zero-order valence-corrected chi connectivity index (χ0v) is 9.25. The summed E-state index contributed by atoms with van der Waals surface area (Å²) in [6.45, 7) is 4.27. The zero-order valence-electron chi connectivity index (χ0n) is 8.50. The van der Waals surface area contributed by atoms with Crippen LogP contribution in [-0.2, 0) is 0 Å². The van der Waals surface area contributed by atoms with Crippen LogP contribution in [0.2, 0.25) is 5.02 Å². The second-order valence-electron chi connectivity index (χ2n) is 3.43. The van der Waals surface area contributed by atoms with E-state index in [1.165, 1.54) is 0 Å². The van der Waals surface area contributed by atoms with Crippen LogP contribution in [0, 0.1) is 5.92 Å². The lowest BCUT2D eigenvalue weighted by atomic mass is 9.96. The molecule has 2 atom stereocenters. The predicted octanol–water partition coefficient (Wildman–Crippen LogP) is 2.29. The molecular weight excluding hydrogens is 198 g/mol. The van der Waals surface area contributed by atoms with Gasteiger partial charge in [-0.25, -0.2) is 0 Å². The van der Waals surface area contributed by atoms with Crippen LogP contribution in [0.1, 0.15) is 32.0 Å². The van der Waals surface area contributed by atoms with Gasteiger partial charge in [0.25, 0.3) is 0 Å². The largest absolute Gasteiger partial charge is 0.271 e. The topological polar surface area (TPSA) is 50.9 Å². The number of nitrogens with zero attached hydrogens (tertiary/aromatic N) is 1. The number of nitrogens with one attached hydrogen (secondary N) is 1.